The van der Waals surface area contributed by atoms with E-state index in [2.05, 4.69) is 47.1 Å². The van der Waals surface area contributed by atoms with Gasteiger partial charge in [-0.3, -0.25) is 0 Å². The molecule has 0 radical (unpaired) electrons. The Balaban J connectivity index is 2.06. The molecular formula is C17H17BrClF. The topological polar surface area (TPSA) is 0 Å². The van der Waals surface area contributed by atoms with E-state index < -0.39 is 0 Å². The number of hydrogen-bond acceptors (Lipinski definition) is 0. The zero-order chi connectivity index (χ0) is 14.5. The molecule has 20 heavy (non-hydrogen) atoms. The van der Waals surface area contributed by atoms with E-state index in [9.17, 15) is 4.39 Å². The van der Waals surface area contributed by atoms with Crippen molar-refractivity contribution in [2.24, 2.45) is 5.92 Å². The molecule has 1 unspecified atom stereocenters. The normalized spacial score (nSPS) is 12.4. The average Bonchev–Trinajstić information content (AvgIpc) is 2.39. The predicted molar refractivity (Wildman–Crippen MR) is 86.9 cm³/mol. The average molecular weight is 356 g/mol. The highest BCUT2D eigenvalue weighted by Crippen LogP contribution is 2.21. The van der Waals surface area contributed by atoms with Crippen LogP contribution in [0.4, 0.5) is 4.39 Å². The highest BCUT2D eigenvalue weighted by Gasteiger charge is 2.11. The van der Waals surface area contributed by atoms with Gasteiger partial charge in [-0.15, -0.1) is 11.6 Å². The van der Waals surface area contributed by atoms with E-state index in [1.807, 2.05) is 6.07 Å². The van der Waals surface area contributed by atoms with Crippen molar-refractivity contribution >= 4 is 27.5 Å². The monoisotopic (exact) mass is 354 g/mol. The lowest BCUT2D eigenvalue weighted by atomic mass is 9.94. The Labute approximate surface area is 133 Å². The van der Waals surface area contributed by atoms with Crippen molar-refractivity contribution in [2.75, 3.05) is 5.88 Å². The molecule has 1 atom stereocenters. The first kappa shape index (κ1) is 15.5. The van der Waals surface area contributed by atoms with Crippen molar-refractivity contribution in [2.45, 2.75) is 19.8 Å². The van der Waals surface area contributed by atoms with Crippen molar-refractivity contribution in [3.8, 4) is 0 Å². The first-order valence-electron chi connectivity index (χ1n) is 6.63. The summed E-state index contributed by atoms with van der Waals surface area (Å²) in [6.45, 7) is 2.08. The van der Waals surface area contributed by atoms with Gasteiger partial charge in [0.15, 0.2) is 0 Å². The van der Waals surface area contributed by atoms with Gasteiger partial charge in [0.05, 0.1) is 0 Å². The van der Waals surface area contributed by atoms with Crippen molar-refractivity contribution in [1.29, 1.82) is 0 Å². The van der Waals surface area contributed by atoms with E-state index in [1.165, 1.54) is 17.2 Å². The second-order valence-electron chi connectivity index (χ2n) is 5.19. The van der Waals surface area contributed by atoms with E-state index in [4.69, 9.17) is 11.6 Å². The summed E-state index contributed by atoms with van der Waals surface area (Å²) >= 11 is 9.40. The van der Waals surface area contributed by atoms with Crippen LogP contribution >= 0.6 is 27.5 Å². The van der Waals surface area contributed by atoms with Gasteiger partial charge < -0.3 is 0 Å². The van der Waals surface area contributed by atoms with E-state index in [0.717, 1.165) is 22.9 Å². The molecule has 0 aliphatic heterocycles. The van der Waals surface area contributed by atoms with Gasteiger partial charge in [-0.05, 0) is 55.0 Å². The molecule has 0 fully saturated rings. The highest BCUT2D eigenvalue weighted by molar-refractivity contribution is 9.10. The zero-order valence-corrected chi connectivity index (χ0v) is 13.7. The minimum Gasteiger partial charge on any atom is -0.207 e. The number of rotatable bonds is 5. The molecule has 0 heterocycles. The van der Waals surface area contributed by atoms with Crippen molar-refractivity contribution in [3.63, 3.8) is 0 Å². The van der Waals surface area contributed by atoms with Crippen LogP contribution in [0.25, 0.3) is 0 Å². The van der Waals surface area contributed by atoms with Gasteiger partial charge in [-0.1, -0.05) is 45.8 Å². The van der Waals surface area contributed by atoms with Crippen LogP contribution in [0.5, 0.6) is 0 Å². The molecule has 0 aromatic heterocycles. The fraction of sp³-hybridized carbons (Fsp3) is 0.294. The number of hydrogen-bond donors (Lipinski definition) is 0. The molecule has 2 aromatic rings. The Bertz CT molecular complexity index is 545. The third-order valence-electron chi connectivity index (χ3n) is 3.31. The minimum atomic E-state index is -0.210. The van der Waals surface area contributed by atoms with E-state index in [0.29, 0.717) is 11.8 Å². The molecule has 0 nitrogen and oxygen atoms in total. The molecule has 0 spiro atoms. The molecule has 2 rings (SSSR count). The first-order chi connectivity index (χ1) is 9.56. The lowest BCUT2D eigenvalue weighted by Gasteiger charge is -2.14. The van der Waals surface area contributed by atoms with Crippen LogP contribution in [-0.2, 0) is 12.8 Å². The van der Waals surface area contributed by atoms with Crippen LogP contribution in [0.1, 0.15) is 16.7 Å². The Kier molecular flexibility index (Phi) is 5.62. The summed E-state index contributed by atoms with van der Waals surface area (Å²) < 4.78 is 14.2. The van der Waals surface area contributed by atoms with Crippen LogP contribution in [0.2, 0.25) is 0 Å². The first-order valence-corrected chi connectivity index (χ1v) is 7.96. The summed E-state index contributed by atoms with van der Waals surface area (Å²) in [5.41, 5.74) is 3.51. The van der Waals surface area contributed by atoms with Crippen LogP contribution < -0.4 is 0 Å². The molecular weight excluding hydrogens is 339 g/mol. The maximum atomic E-state index is 13.4. The number of benzene rings is 2. The molecule has 0 saturated heterocycles. The predicted octanol–water partition coefficient (Wildman–Crippen LogP) is 5.54. The fourth-order valence-corrected chi connectivity index (χ4v) is 3.03. The summed E-state index contributed by atoms with van der Waals surface area (Å²) in [7, 11) is 0. The molecule has 0 bridgehead atoms. The van der Waals surface area contributed by atoms with E-state index in [-0.39, 0.29) is 5.82 Å². The van der Waals surface area contributed by atoms with Gasteiger partial charge >= 0.3 is 0 Å². The maximum absolute atomic E-state index is 13.4. The number of aryl methyl sites for hydroxylation is 1. The fourth-order valence-electron chi connectivity index (χ4n) is 2.30. The standard InChI is InChI=1S/C17H17BrClF/c1-12-2-4-13(5-3-12)6-15(11-19)7-14-8-16(18)10-17(20)9-14/h2-5,8-10,15H,6-7,11H2,1H3. The van der Waals surface area contributed by atoms with Crippen LogP contribution in [-0.4, -0.2) is 5.88 Å². The quantitative estimate of drug-likeness (QED) is 0.618. The molecule has 0 amide bonds. The van der Waals surface area contributed by atoms with Gasteiger partial charge in [0, 0.05) is 10.4 Å². The third-order valence-corrected chi connectivity index (χ3v) is 4.20. The third kappa shape index (κ3) is 4.60. The largest absolute Gasteiger partial charge is 0.207 e. The van der Waals surface area contributed by atoms with Crippen LogP contribution in [0.15, 0.2) is 46.9 Å². The molecule has 0 N–H and O–H groups in total. The Morgan fingerprint density at radius 2 is 1.70 bits per heavy atom. The molecule has 106 valence electrons. The highest BCUT2D eigenvalue weighted by atomic mass is 79.9. The molecule has 0 aliphatic carbocycles. The zero-order valence-electron chi connectivity index (χ0n) is 11.4. The summed E-state index contributed by atoms with van der Waals surface area (Å²) in [4.78, 5) is 0. The second-order valence-corrected chi connectivity index (χ2v) is 6.42. The lowest BCUT2D eigenvalue weighted by Crippen LogP contribution is -2.10. The summed E-state index contributed by atoms with van der Waals surface area (Å²) in [6, 6.07) is 13.5. The van der Waals surface area contributed by atoms with E-state index in [1.54, 1.807) is 6.07 Å². The molecule has 2 aromatic carbocycles. The van der Waals surface area contributed by atoms with E-state index >= 15 is 0 Å². The second kappa shape index (κ2) is 7.24. The Hall–Kier alpha value is -0.860. The van der Waals surface area contributed by atoms with Crippen molar-refractivity contribution in [3.05, 3.63) is 69.4 Å². The Morgan fingerprint density at radius 3 is 2.30 bits per heavy atom. The lowest BCUT2D eigenvalue weighted by molar-refractivity contribution is 0.576. The van der Waals surface area contributed by atoms with Crippen LogP contribution in [0, 0.1) is 18.7 Å². The van der Waals surface area contributed by atoms with Gasteiger partial charge in [0.1, 0.15) is 5.82 Å². The number of halogens is 3. The Morgan fingerprint density at radius 1 is 1.05 bits per heavy atom. The smallest absolute Gasteiger partial charge is 0.124 e. The summed E-state index contributed by atoms with van der Waals surface area (Å²) in [6.07, 6.45) is 1.70. The van der Waals surface area contributed by atoms with Gasteiger partial charge in [0.25, 0.3) is 0 Å². The van der Waals surface area contributed by atoms with Gasteiger partial charge in [-0.2, -0.15) is 0 Å². The molecule has 0 aliphatic rings. The van der Waals surface area contributed by atoms with Crippen molar-refractivity contribution in [1.82, 2.24) is 0 Å². The number of alkyl halides is 1. The van der Waals surface area contributed by atoms with Gasteiger partial charge in [-0.25, -0.2) is 4.39 Å². The molecule has 3 heteroatoms. The van der Waals surface area contributed by atoms with Crippen LogP contribution in [0.3, 0.4) is 0 Å². The van der Waals surface area contributed by atoms with Gasteiger partial charge in [0.2, 0.25) is 0 Å². The summed E-state index contributed by atoms with van der Waals surface area (Å²) in [5.74, 6) is 0.674. The minimum absolute atomic E-state index is 0.210. The van der Waals surface area contributed by atoms with Crippen molar-refractivity contribution < 1.29 is 4.39 Å². The SMILES string of the molecule is Cc1ccc(CC(CCl)Cc2cc(F)cc(Br)c2)cc1. The molecule has 0 saturated carbocycles. The maximum Gasteiger partial charge on any atom is 0.124 e. The summed E-state index contributed by atoms with van der Waals surface area (Å²) in [5, 5.41) is 0.